The second-order valence-corrected chi connectivity index (χ2v) is 4.47. The summed E-state index contributed by atoms with van der Waals surface area (Å²) in [6, 6.07) is 5.94. The molecule has 0 unspecified atom stereocenters. The van der Waals surface area contributed by atoms with Gasteiger partial charge in [0.05, 0.1) is 12.7 Å². The summed E-state index contributed by atoms with van der Waals surface area (Å²) < 4.78 is 5.21. The lowest BCUT2D eigenvalue weighted by atomic mass is 9.97. The molecule has 0 atom stereocenters. The van der Waals surface area contributed by atoms with Crippen LogP contribution in [0, 0.1) is 6.92 Å². The van der Waals surface area contributed by atoms with E-state index in [-0.39, 0.29) is 0 Å². The molecule has 0 aliphatic heterocycles. The molecule has 3 heteroatoms. The molecule has 0 aliphatic rings. The van der Waals surface area contributed by atoms with Gasteiger partial charge >= 0.3 is 0 Å². The van der Waals surface area contributed by atoms with Crippen molar-refractivity contribution in [3.8, 4) is 5.75 Å². The van der Waals surface area contributed by atoms with Crippen molar-refractivity contribution in [2.24, 2.45) is 0 Å². The average molecular weight is 237 g/mol. The Morgan fingerprint density at radius 3 is 2.41 bits per heavy atom. The predicted octanol–water partition coefficient (Wildman–Crippen LogP) is 2.97. The SMILES string of the molecule is CCC(O)(CC)CNc1ccc(OC)c(C)c1. The molecule has 0 fully saturated rings. The van der Waals surface area contributed by atoms with Gasteiger partial charge in [-0.25, -0.2) is 0 Å². The Morgan fingerprint density at radius 1 is 1.29 bits per heavy atom. The summed E-state index contributed by atoms with van der Waals surface area (Å²) in [7, 11) is 1.67. The minimum absolute atomic E-state index is 0.575. The molecular weight excluding hydrogens is 214 g/mol. The molecule has 0 radical (unpaired) electrons. The lowest BCUT2D eigenvalue weighted by Gasteiger charge is -2.26. The van der Waals surface area contributed by atoms with Crippen molar-refractivity contribution in [3.63, 3.8) is 0 Å². The van der Waals surface area contributed by atoms with E-state index >= 15 is 0 Å². The monoisotopic (exact) mass is 237 g/mol. The molecule has 2 N–H and O–H groups in total. The number of methoxy groups -OCH3 is 1. The van der Waals surface area contributed by atoms with E-state index in [0.717, 1.165) is 29.8 Å². The van der Waals surface area contributed by atoms with Crippen LogP contribution in [0.15, 0.2) is 18.2 Å². The Hall–Kier alpha value is -1.22. The fraction of sp³-hybridized carbons (Fsp3) is 0.571. The molecular formula is C14H23NO2. The van der Waals surface area contributed by atoms with Gasteiger partial charge in [-0.3, -0.25) is 0 Å². The first kappa shape index (κ1) is 13.8. The number of nitrogens with one attached hydrogen (secondary N) is 1. The minimum atomic E-state index is -0.617. The van der Waals surface area contributed by atoms with Crippen molar-refractivity contribution in [1.82, 2.24) is 0 Å². The molecule has 0 saturated heterocycles. The molecule has 3 nitrogen and oxygen atoms in total. The Morgan fingerprint density at radius 2 is 1.94 bits per heavy atom. The minimum Gasteiger partial charge on any atom is -0.496 e. The highest BCUT2D eigenvalue weighted by molar-refractivity contribution is 5.50. The van der Waals surface area contributed by atoms with E-state index in [4.69, 9.17) is 4.74 Å². The van der Waals surface area contributed by atoms with Crippen LogP contribution in [-0.4, -0.2) is 24.4 Å². The fourth-order valence-electron chi connectivity index (χ4n) is 1.75. The average Bonchev–Trinajstić information content (AvgIpc) is 2.36. The molecule has 0 bridgehead atoms. The maximum Gasteiger partial charge on any atom is 0.121 e. The van der Waals surface area contributed by atoms with Crippen molar-refractivity contribution in [2.45, 2.75) is 39.2 Å². The van der Waals surface area contributed by atoms with Gasteiger partial charge in [0, 0.05) is 12.2 Å². The summed E-state index contributed by atoms with van der Waals surface area (Å²) in [5.74, 6) is 0.886. The van der Waals surface area contributed by atoms with Crippen LogP contribution in [0.1, 0.15) is 32.3 Å². The maximum atomic E-state index is 10.2. The number of aryl methyl sites for hydroxylation is 1. The third kappa shape index (κ3) is 3.63. The van der Waals surface area contributed by atoms with Crippen LogP contribution in [0.3, 0.4) is 0 Å². The van der Waals surface area contributed by atoms with Gasteiger partial charge in [-0.1, -0.05) is 13.8 Å². The van der Waals surface area contributed by atoms with E-state index in [1.807, 2.05) is 39.0 Å². The number of benzene rings is 1. The third-order valence-corrected chi connectivity index (χ3v) is 3.33. The van der Waals surface area contributed by atoms with E-state index < -0.39 is 5.60 Å². The summed E-state index contributed by atoms with van der Waals surface area (Å²) in [4.78, 5) is 0. The van der Waals surface area contributed by atoms with Crippen molar-refractivity contribution in [1.29, 1.82) is 0 Å². The molecule has 0 saturated carbocycles. The van der Waals surface area contributed by atoms with Crippen LogP contribution in [0.2, 0.25) is 0 Å². The van der Waals surface area contributed by atoms with Crippen LogP contribution in [0.4, 0.5) is 5.69 Å². The quantitative estimate of drug-likeness (QED) is 0.799. The molecule has 1 aromatic carbocycles. The van der Waals surface area contributed by atoms with Gasteiger partial charge in [0.25, 0.3) is 0 Å². The van der Waals surface area contributed by atoms with Gasteiger partial charge in [0.15, 0.2) is 0 Å². The second kappa shape index (κ2) is 5.92. The molecule has 0 amide bonds. The zero-order chi connectivity index (χ0) is 12.9. The Labute approximate surface area is 104 Å². The zero-order valence-corrected chi connectivity index (χ0v) is 11.2. The summed E-state index contributed by atoms with van der Waals surface area (Å²) in [6.07, 6.45) is 1.51. The predicted molar refractivity (Wildman–Crippen MR) is 71.8 cm³/mol. The first-order chi connectivity index (χ1) is 8.04. The highest BCUT2D eigenvalue weighted by atomic mass is 16.5. The number of anilines is 1. The summed E-state index contributed by atoms with van der Waals surface area (Å²) in [5.41, 5.74) is 1.49. The first-order valence-corrected chi connectivity index (χ1v) is 6.15. The lowest BCUT2D eigenvalue weighted by Crippen LogP contribution is -2.35. The number of hydrogen-bond donors (Lipinski definition) is 2. The topological polar surface area (TPSA) is 41.5 Å². The van der Waals surface area contributed by atoms with Gasteiger partial charge in [0.2, 0.25) is 0 Å². The van der Waals surface area contributed by atoms with Crippen molar-refractivity contribution in [3.05, 3.63) is 23.8 Å². The van der Waals surface area contributed by atoms with Gasteiger partial charge in [0.1, 0.15) is 5.75 Å². The normalized spacial score (nSPS) is 11.4. The van der Waals surface area contributed by atoms with Gasteiger partial charge in [-0.15, -0.1) is 0 Å². The van der Waals surface area contributed by atoms with Crippen molar-refractivity contribution < 1.29 is 9.84 Å². The van der Waals surface area contributed by atoms with Crippen molar-refractivity contribution in [2.75, 3.05) is 19.0 Å². The number of rotatable bonds is 6. The van der Waals surface area contributed by atoms with Crippen LogP contribution in [0.5, 0.6) is 5.75 Å². The van der Waals surface area contributed by atoms with E-state index in [1.165, 1.54) is 0 Å². The van der Waals surface area contributed by atoms with Crippen LogP contribution in [-0.2, 0) is 0 Å². The van der Waals surface area contributed by atoms with Crippen molar-refractivity contribution >= 4 is 5.69 Å². The van der Waals surface area contributed by atoms with E-state index in [2.05, 4.69) is 5.32 Å². The molecule has 96 valence electrons. The lowest BCUT2D eigenvalue weighted by molar-refractivity contribution is 0.0457. The van der Waals surface area contributed by atoms with Gasteiger partial charge in [-0.2, -0.15) is 0 Å². The number of ether oxygens (including phenoxy) is 1. The van der Waals surface area contributed by atoms with Crippen LogP contribution < -0.4 is 10.1 Å². The van der Waals surface area contributed by atoms with E-state index in [0.29, 0.717) is 6.54 Å². The Kier molecular flexibility index (Phi) is 4.82. The maximum absolute atomic E-state index is 10.2. The first-order valence-electron chi connectivity index (χ1n) is 6.15. The Balaban J connectivity index is 2.67. The number of hydrogen-bond acceptors (Lipinski definition) is 3. The van der Waals surface area contributed by atoms with Crippen LogP contribution >= 0.6 is 0 Å². The van der Waals surface area contributed by atoms with Gasteiger partial charge in [-0.05, 0) is 43.5 Å². The third-order valence-electron chi connectivity index (χ3n) is 3.33. The molecule has 1 aromatic rings. The summed E-state index contributed by atoms with van der Waals surface area (Å²) in [6.45, 7) is 6.59. The molecule has 1 rings (SSSR count). The highest BCUT2D eigenvalue weighted by Crippen LogP contribution is 2.22. The Bertz CT molecular complexity index is 359. The molecule has 0 spiro atoms. The highest BCUT2D eigenvalue weighted by Gasteiger charge is 2.21. The van der Waals surface area contributed by atoms with E-state index in [1.54, 1.807) is 7.11 Å². The molecule has 0 heterocycles. The fourth-order valence-corrected chi connectivity index (χ4v) is 1.75. The molecule has 17 heavy (non-hydrogen) atoms. The van der Waals surface area contributed by atoms with Crippen LogP contribution in [0.25, 0.3) is 0 Å². The van der Waals surface area contributed by atoms with Gasteiger partial charge < -0.3 is 15.2 Å². The molecule has 0 aromatic heterocycles. The number of aliphatic hydroxyl groups is 1. The largest absolute Gasteiger partial charge is 0.496 e. The standard InChI is InChI=1S/C14H23NO2/c1-5-14(16,6-2)10-15-12-7-8-13(17-4)11(3)9-12/h7-9,15-16H,5-6,10H2,1-4H3. The smallest absolute Gasteiger partial charge is 0.121 e. The second-order valence-electron chi connectivity index (χ2n) is 4.47. The van der Waals surface area contributed by atoms with E-state index in [9.17, 15) is 5.11 Å². The summed E-state index contributed by atoms with van der Waals surface area (Å²) in [5, 5.41) is 13.4. The zero-order valence-electron chi connectivity index (χ0n) is 11.2. The summed E-state index contributed by atoms with van der Waals surface area (Å²) >= 11 is 0. The molecule has 0 aliphatic carbocycles.